The summed E-state index contributed by atoms with van der Waals surface area (Å²) in [7, 11) is 0. The number of carbonyl (C=O) groups excluding carboxylic acids is 1. The fourth-order valence-electron chi connectivity index (χ4n) is 4.04. The summed E-state index contributed by atoms with van der Waals surface area (Å²) in [5, 5.41) is 12.4. The first-order chi connectivity index (χ1) is 17.4. The number of anilines is 1. The molecule has 182 valence electrons. The number of rotatable bonds is 7. The second-order valence-electron chi connectivity index (χ2n) is 8.28. The van der Waals surface area contributed by atoms with Crippen LogP contribution in [0.25, 0.3) is 22.3 Å². The Balaban J connectivity index is 1.38. The number of hydrogen-bond donors (Lipinski definition) is 1. The van der Waals surface area contributed by atoms with E-state index >= 15 is 0 Å². The average Bonchev–Trinajstić information content (AvgIpc) is 3.43. The van der Waals surface area contributed by atoms with E-state index in [1.807, 2.05) is 30.3 Å². The highest BCUT2D eigenvalue weighted by molar-refractivity contribution is 6.30. The van der Waals surface area contributed by atoms with Crippen LogP contribution in [0.5, 0.6) is 0 Å². The molecule has 0 radical (unpaired) electrons. The minimum Gasteiger partial charge on any atom is -0.308 e. The van der Waals surface area contributed by atoms with Crippen LogP contribution in [0.2, 0.25) is 5.02 Å². The van der Waals surface area contributed by atoms with Crippen LogP contribution in [0.4, 0.5) is 14.6 Å². The molecule has 5 aromatic rings. The first-order valence-electron chi connectivity index (χ1n) is 11.2. The molecule has 3 aromatic heterocycles. The molecule has 0 atom stereocenters. The maximum Gasteiger partial charge on any atom is 0.264 e. The quantitative estimate of drug-likeness (QED) is 0.299. The maximum absolute atomic E-state index is 13.9. The van der Waals surface area contributed by atoms with Gasteiger partial charge in [-0.2, -0.15) is 10.2 Å². The van der Waals surface area contributed by atoms with Gasteiger partial charge in [0, 0.05) is 28.4 Å². The van der Waals surface area contributed by atoms with Crippen LogP contribution in [-0.4, -0.2) is 30.5 Å². The van der Waals surface area contributed by atoms with E-state index in [1.54, 1.807) is 48.1 Å². The van der Waals surface area contributed by atoms with Crippen molar-refractivity contribution in [1.29, 1.82) is 0 Å². The molecule has 0 aliphatic carbocycles. The number of halogens is 3. The molecule has 7 nitrogen and oxygen atoms in total. The van der Waals surface area contributed by atoms with Gasteiger partial charge in [0.2, 0.25) is 5.91 Å². The summed E-state index contributed by atoms with van der Waals surface area (Å²) >= 11 is 5.93. The van der Waals surface area contributed by atoms with Gasteiger partial charge < -0.3 is 5.32 Å². The van der Waals surface area contributed by atoms with Crippen LogP contribution in [0, 0.1) is 6.92 Å². The number of aryl methyl sites for hydroxylation is 1. The number of pyridine rings is 1. The van der Waals surface area contributed by atoms with Gasteiger partial charge in [-0.25, -0.2) is 18.4 Å². The van der Waals surface area contributed by atoms with Crippen molar-refractivity contribution in [3.63, 3.8) is 0 Å². The van der Waals surface area contributed by atoms with Gasteiger partial charge in [0.05, 0.1) is 23.3 Å². The highest BCUT2D eigenvalue weighted by Crippen LogP contribution is 2.33. The normalized spacial score (nSPS) is 11.4. The van der Waals surface area contributed by atoms with Crippen LogP contribution >= 0.6 is 11.6 Å². The molecule has 5 rings (SSSR count). The van der Waals surface area contributed by atoms with Gasteiger partial charge in [-0.3, -0.25) is 9.48 Å². The summed E-state index contributed by atoms with van der Waals surface area (Å²) in [6.45, 7) is 1.94. The SMILES string of the molecule is Cc1nn(CC(=O)Nc2ccn(Cc3ccc(Cl)cc3)n2)c2nc(-c3ccccc3)cc(C(F)F)c12. The molecule has 0 saturated heterocycles. The molecule has 0 saturated carbocycles. The van der Waals surface area contributed by atoms with Crippen molar-refractivity contribution in [3.8, 4) is 11.3 Å². The van der Waals surface area contributed by atoms with Crippen LogP contribution in [0.3, 0.4) is 0 Å². The zero-order valence-electron chi connectivity index (χ0n) is 19.2. The minimum atomic E-state index is -2.72. The number of carbonyl (C=O) groups is 1. The van der Waals surface area contributed by atoms with E-state index in [9.17, 15) is 13.6 Å². The van der Waals surface area contributed by atoms with Crippen molar-refractivity contribution >= 4 is 34.4 Å². The Hall–Kier alpha value is -4.11. The third-order valence-corrected chi connectivity index (χ3v) is 5.92. The van der Waals surface area contributed by atoms with Crippen molar-refractivity contribution in [1.82, 2.24) is 24.5 Å². The van der Waals surface area contributed by atoms with Crippen LogP contribution < -0.4 is 5.32 Å². The van der Waals surface area contributed by atoms with E-state index in [-0.39, 0.29) is 23.1 Å². The third kappa shape index (κ3) is 4.96. The van der Waals surface area contributed by atoms with Gasteiger partial charge in [-0.15, -0.1) is 0 Å². The highest BCUT2D eigenvalue weighted by atomic mass is 35.5. The second kappa shape index (κ2) is 9.87. The van der Waals surface area contributed by atoms with Gasteiger partial charge in [0.25, 0.3) is 6.43 Å². The summed E-state index contributed by atoms with van der Waals surface area (Å²) in [5.74, 6) is -0.0324. The average molecular weight is 507 g/mol. The summed E-state index contributed by atoms with van der Waals surface area (Å²) in [5.41, 5.74) is 2.54. The van der Waals surface area contributed by atoms with Crippen LogP contribution in [-0.2, 0) is 17.9 Å². The lowest BCUT2D eigenvalue weighted by Crippen LogP contribution is -2.20. The first-order valence-corrected chi connectivity index (χ1v) is 11.5. The van der Waals surface area contributed by atoms with Crippen LogP contribution in [0.1, 0.15) is 23.2 Å². The molecule has 1 amide bonds. The number of hydrogen-bond acceptors (Lipinski definition) is 4. The molecule has 0 spiro atoms. The second-order valence-corrected chi connectivity index (χ2v) is 8.71. The Labute approximate surface area is 210 Å². The number of fused-ring (bicyclic) bond motifs is 1. The fourth-order valence-corrected chi connectivity index (χ4v) is 4.16. The van der Waals surface area contributed by atoms with E-state index in [2.05, 4.69) is 20.5 Å². The van der Waals surface area contributed by atoms with Crippen LogP contribution in [0.15, 0.2) is 72.9 Å². The van der Waals surface area contributed by atoms with Gasteiger partial charge >= 0.3 is 0 Å². The summed E-state index contributed by atoms with van der Waals surface area (Å²) in [6, 6.07) is 19.5. The standard InChI is InChI=1S/C26H21ClF2N6O/c1-16-24-20(25(28)29)13-21(18-5-3-2-4-6-18)30-26(24)35(32-16)15-23(36)31-22-11-12-34(33-22)14-17-7-9-19(27)10-8-17/h2-13,25H,14-15H2,1H3,(H,31,33,36). The molecule has 0 aliphatic rings. The number of amides is 1. The minimum absolute atomic E-state index is 0.163. The molecule has 0 aliphatic heterocycles. The van der Waals surface area contributed by atoms with Gasteiger partial charge in [0.15, 0.2) is 11.5 Å². The fraction of sp³-hybridized carbons (Fsp3) is 0.154. The molecule has 3 heterocycles. The number of benzene rings is 2. The summed E-state index contributed by atoms with van der Waals surface area (Å²) in [4.78, 5) is 17.4. The van der Waals surface area contributed by atoms with Crippen molar-refractivity contribution in [2.24, 2.45) is 0 Å². The highest BCUT2D eigenvalue weighted by Gasteiger charge is 2.22. The van der Waals surface area contributed by atoms with Gasteiger partial charge in [-0.1, -0.05) is 54.1 Å². The predicted molar refractivity (Wildman–Crippen MR) is 134 cm³/mol. The smallest absolute Gasteiger partial charge is 0.264 e. The Bertz CT molecular complexity index is 1530. The number of aromatic nitrogens is 5. The lowest BCUT2D eigenvalue weighted by atomic mass is 10.1. The molecule has 0 unspecified atom stereocenters. The first kappa shape index (κ1) is 23.6. The van der Waals surface area contributed by atoms with Gasteiger partial charge in [0.1, 0.15) is 6.54 Å². The van der Waals surface area contributed by atoms with E-state index in [4.69, 9.17) is 11.6 Å². The molecule has 0 bridgehead atoms. The lowest BCUT2D eigenvalue weighted by molar-refractivity contribution is -0.116. The van der Waals surface area contributed by atoms with Crippen molar-refractivity contribution < 1.29 is 13.6 Å². The van der Waals surface area contributed by atoms with E-state index in [0.29, 0.717) is 34.3 Å². The summed E-state index contributed by atoms with van der Waals surface area (Å²) in [6.07, 6.45) is -0.965. The van der Waals surface area contributed by atoms with Crippen molar-refractivity contribution in [2.75, 3.05) is 5.32 Å². The monoisotopic (exact) mass is 506 g/mol. The Kier molecular flexibility index (Phi) is 6.47. The topological polar surface area (TPSA) is 77.6 Å². The molecule has 2 aromatic carbocycles. The Morgan fingerprint density at radius 3 is 2.53 bits per heavy atom. The molecular formula is C26H21ClF2N6O. The van der Waals surface area contributed by atoms with E-state index in [1.165, 1.54) is 10.7 Å². The zero-order chi connectivity index (χ0) is 25.2. The Morgan fingerprint density at radius 1 is 1.06 bits per heavy atom. The van der Waals surface area contributed by atoms with Crippen molar-refractivity contribution in [3.05, 3.63) is 94.8 Å². The summed E-state index contributed by atoms with van der Waals surface area (Å²) < 4.78 is 30.9. The molecule has 0 fully saturated rings. The van der Waals surface area contributed by atoms with E-state index in [0.717, 1.165) is 5.56 Å². The third-order valence-electron chi connectivity index (χ3n) is 5.67. The predicted octanol–water partition coefficient (Wildman–Crippen LogP) is 5.88. The molecule has 10 heteroatoms. The number of alkyl halides is 2. The lowest BCUT2D eigenvalue weighted by Gasteiger charge is -2.09. The van der Waals surface area contributed by atoms with E-state index < -0.39 is 12.3 Å². The zero-order valence-corrected chi connectivity index (χ0v) is 20.0. The largest absolute Gasteiger partial charge is 0.308 e. The number of nitrogens with zero attached hydrogens (tertiary/aromatic N) is 5. The van der Waals surface area contributed by atoms with Crippen molar-refractivity contribution in [2.45, 2.75) is 26.4 Å². The number of nitrogens with one attached hydrogen (secondary N) is 1. The Morgan fingerprint density at radius 2 is 1.81 bits per heavy atom. The molecular weight excluding hydrogens is 486 g/mol. The molecule has 36 heavy (non-hydrogen) atoms. The molecule has 1 N–H and O–H groups in total. The maximum atomic E-state index is 13.9. The van der Waals surface area contributed by atoms with Gasteiger partial charge in [-0.05, 0) is 30.7 Å².